The Morgan fingerprint density at radius 2 is 1.17 bits per heavy atom. The number of methoxy groups -OCH3 is 2. The second-order valence-corrected chi connectivity index (χ2v) is 16.3. The van der Waals surface area contributed by atoms with Crippen molar-refractivity contribution in [2.75, 3.05) is 37.2 Å². The fourth-order valence-electron chi connectivity index (χ4n) is 2.05. The summed E-state index contributed by atoms with van der Waals surface area (Å²) in [6.45, 7) is 4.23. The van der Waals surface area contributed by atoms with Crippen molar-refractivity contribution in [3.8, 4) is 0 Å². The van der Waals surface area contributed by atoms with Crippen LogP contribution in [-0.4, -0.2) is 49.2 Å². The summed E-state index contributed by atoms with van der Waals surface area (Å²) >= 11 is 13.5. The molecule has 0 unspecified atom stereocenters. The summed E-state index contributed by atoms with van der Waals surface area (Å²) in [6.07, 6.45) is 2.10. The van der Waals surface area contributed by atoms with Gasteiger partial charge in [0.25, 0.3) is 9.75 Å². The Labute approximate surface area is 210 Å². The van der Waals surface area contributed by atoms with Crippen molar-refractivity contribution in [1.29, 1.82) is 0 Å². The van der Waals surface area contributed by atoms with Crippen molar-refractivity contribution >= 4 is 104 Å². The molecule has 0 atom stereocenters. The molecular weight excluding hydrogens is 537 g/mol. The number of unbranched alkanes of at least 4 members (excludes halogenated alkanes) is 1. The van der Waals surface area contributed by atoms with Crippen LogP contribution in [0.5, 0.6) is 0 Å². The molecule has 0 N–H and O–H groups in total. The number of hydrogen-bond acceptors (Lipinski definition) is 10. The predicted molar refractivity (Wildman–Crippen MR) is 139 cm³/mol. The summed E-state index contributed by atoms with van der Waals surface area (Å²) in [4.78, 5) is 25.5. The van der Waals surface area contributed by atoms with E-state index in [1.807, 2.05) is 0 Å². The van der Waals surface area contributed by atoms with Crippen LogP contribution >= 0.6 is 92.4 Å². The lowest BCUT2D eigenvalue weighted by Crippen LogP contribution is -1.99. The van der Waals surface area contributed by atoms with Gasteiger partial charge in [-0.15, -0.1) is 0 Å². The van der Waals surface area contributed by atoms with Crippen molar-refractivity contribution < 1.29 is 19.1 Å². The first kappa shape index (κ1) is 26.7. The largest absolute Gasteiger partial charge is 0.463 e. The molecule has 0 spiro atoms. The first-order valence-electron chi connectivity index (χ1n) is 9.15. The van der Waals surface area contributed by atoms with Crippen LogP contribution in [0.15, 0.2) is 15.5 Å². The van der Waals surface area contributed by atoms with Gasteiger partial charge in [-0.25, -0.2) is 9.59 Å². The van der Waals surface area contributed by atoms with Crippen LogP contribution in [0.2, 0.25) is 0 Å². The lowest BCUT2D eigenvalue weighted by atomic mass is 10.4. The first-order valence-corrected chi connectivity index (χ1v) is 16.4. The van der Waals surface area contributed by atoms with Gasteiger partial charge in [-0.2, -0.15) is 0 Å². The Hall–Kier alpha value is 0.440. The van der Waals surface area contributed by atoms with Crippen LogP contribution in [0.25, 0.3) is 0 Å². The lowest BCUT2D eigenvalue weighted by Gasteiger charge is -1.98. The number of thioether (sulfide) groups is 4. The van der Waals surface area contributed by atoms with Crippen molar-refractivity contribution in [1.82, 2.24) is 0 Å². The number of hydrogen-bond donors (Lipinski definition) is 0. The fraction of sp³-hybridized carbons (Fsp3) is 0.556. The van der Waals surface area contributed by atoms with Crippen LogP contribution in [-0.2, 0) is 9.47 Å². The highest BCUT2D eigenvalue weighted by molar-refractivity contribution is 8.05. The van der Waals surface area contributed by atoms with Gasteiger partial charge in [-0.05, 0) is 12.8 Å². The van der Waals surface area contributed by atoms with Crippen molar-refractivity contribution in [3.05, 3.63) is 9.75 Å². The number of carbonyl (C=O) groups is 2. The third-order valence-corrected chi connectivity index (χ3v) is 14.1. The van der Waals surface area contributed by atoms with Crippen molar-refractivity contribution in [2.24, 2.45) is 0 Å². The van der Waals surface area contributed by atoms with E-state index in [0.717, 1.165) is 54.0 Å². The predicted octanol–water partition coefficient (Wildman–Crippen LogP) is 7.96. The molecule has 0 aliphatic heterocycles. The zero-order chi connectivity index (χ0) is 21.9. The molecule has 2 aromatic heterocycles. The Balaban J connectivity index is 1.84. The van der Waals surface area contributed by atoms with E-state index in [1.165, 1.54) is 43.9 Å². The van der Waals surface area contributed by atoms with Crippen molar-refractivity contribution in [3.63, 3.8) is 0 Å². The molecule has 2 aromatic rings. The zero-order valence-electron chi connectivity index (χ0n) is 17.1. The van der Waals surface area contributed by atoms with E-state index >= 15 is 0 Å². The number of esters is 2. The molecule has 12 heteroatoms. The van der Waals surface area contributed by atoms with E-state index in [2.05, 4.69) is 13.8 Å². The molecule has 0 aromatic carbocycles. The molecule has 2 rings (SSSR count). The Morgan fingerprint density at radius 3 is 1.50 bits per heavy atom. The van der Waals surface area contributed by atoms with Gasteiger partial charge in [0.05, 0.1) is 14.2 Å². The van der Waals surface area contributed by atoms with Gasteiger partial charge in [0.1, 0.15) is 45.3 Å². The summed E-state index contributed by atoms with van der Waals surface area (Å²) in [7, 11) is 2.87. The molecule has 0 radical (unpaired) electrons. The molecular formula is C18H24O4S8+2. The maximum atomic E-state index is 12.0. The monoisotopic (exact) mass is 560 g/mol. The van der Waals surface area contributed by atoms with E-state index < -0.39 is 0 Å². The molecule has 0 amide bonds. The average molecular weight is 561 g/mol. The molecule has 0 saturated carbocycles. The fourth-order valence-corrected chi connectivity index (χ4v) is 13.4. The van der Waals surface area contributed by atoms with Gasteiger partial charge < -0.3 is 9.47 Å². The second kappa shape index (κ2) is 14.6. The van der Waals surface area contributed by atoms with Crippen molar-refractivity contribution in [2.45, 2.75) is 42.2 Å². The maximum absolute atomic E-state index is 12.0. The van der Waals surface area contributed by atoms with Gasteiger partial charge in [-0.3, -0.25) is 0 Å². The SMILES string of the molecule is CCSc1sc(C(=O)OC)c(SCCCCSc2[s+]c(SCC)sc2C(=O)OC)[s+]1. The van der Waals surface area contributed by atoms with Gasteiger partial charge in [0.15, 0.2) is 0 Å². The minimum atomic E-state index is -0.243. The summed E-state index contributed by atoms with van der Waals surface area (Å²) < 4.78 is 14.4. The normalized spacial score (nSPS) is 10.9. The van der Waals surface area contributed by atoms with E-state index in [9.17, 15) is 9.59 Å². The maximum Gasteiger partial charge on any atom is 0.375 e. The molecule has 30 heavy (non-hydrogen) atoms. The highest BCUT2D eigenvalue weighted by Crippen LogP contribution is 2.43. The number of rotatable bonds is 13. The molecule has 0 aliphatic carbocycles. The van der Waals surface area contributed by atoms with E-state index in [1.54, 1.807) is 69.7 Å². The number of ether oxygens (including phenoxy) is 2. The molecule has 166 valence electrons. The standard InChI is InChI=1S/C18H24O4S8/c1-5-23-17-27-11(13(19)21-3)15(29-17)25-9-7-8-10-26-16-12(14(20)22-4)28-18(30-16)24-6-2/h5-10H2,1-4H3/q+2. The summed E-state index contributed by atoms with van der Waals surface area (Å²) in [5, 5.41) is 0. The van der Waals surface area contributed by atoms with Gasteiger partial charge in [0.2, 0.25) is 8.42 Å². The Kier molecular flexibility index (Phi) is 13.0. The highest BCUT2D eigenvalue weighted by atomic mass is 32.2. The van der Waals surface area contributed by atoms with Crippen LogP contribution < -0.4 is 0 Å². The third kappa shape index (κ3) is 8.09. The van der Waals surface area contributed by atoms with E-state index in [-0.39, 0.29) is 11.9 Å². The molecule has 0 aliphatic rings. The van der Waals surface area contributed by atoms with Crippen LogP contribution in [0.4, 0.5) is 0 Å². The van der Waals surface area contributed by atoms with Gasteiger partial charge in [-0.1, -0.05) is 60.9 Å². The van der Waals surface area contributed by atoms with Gasteiger partial charge >= 0.3 is 19.0 Å². The van der Waals surface area contributed by atoms with Crippen LogP contribution in [0, 0.1) is 0 Å². The second-order valence-electron chi connectivity index (χ2n) is 5.39. The Bertz CT molecular complexity index is 764. The third-order valence-electron chi connectivity index (χ3n) is 3.36. The number of carbonyl (C=O) groups excluding carboxylic acids is 2. The topological polar surface area (TPSA) is 52.6 Å². The average Bonchev–Trinajstić information content (AvgIpc) is 3.34. The molecule has 2 heterocycles. The summed E-state index contributed by atoms with van der Waals surface area (Å²) in [5.74, 6) is 3.42. The molecule has 0 saturated heterocycles. The quantitative estimate of drug-likeness (QED) is 0.106. The summed E-state index contributed by atoms with van der Waals surface area (Å²) in [6, 6.07) is 0. The van der Waals surface area contributed by atoms with E-state index in [0.29, 0.717) is 0 Å². The smallest absolute Gasteiger partial charge is 0.375 e. The highest BCUT2D eigenvalue weighted by Gasteiger charge is 2.30. The molecule has 4 nitrogen and oxygen atoms in total. The first-order chi connectivity index (χ1) is 14.5. The molecule has 0 bridgehead atoms. The van der Waals surface area contributed by atoms with Crippen LogP contribution in [0.3, 0.4) is 0 Å². The van der Waals surface area contributed by atoms with Crippen LogP contribution in [0.1, 0.15) is 46.0 Å². The van der Waals surface area contributed by atoms with Gasteiger partial charge in [0, 0.05) is 23.0 Å². The lowest BCUT2D eigenvalue weighted by molar-refractivity contribution is 0.0594. The summed E-state index contributed by atoms with van der Waals surface area (Å²) in [5.41, 5.74) is 0. The molecule has 0 fully saturated rings. The minimum absolute atomic E-state index is 0.243. The Morgan fingerprint density at radius 1 is 0.767 bits per heavy atom. The zero-order valence-corrected chi connectivity index (χ0v) is 23.7. The minimum Gasteiger partial charge on any atom is -0.463 e. The van der Waals surface area contributed by atoms with E-state index in [4.69, 9.17) is 9.47 Å².